The zero-order valence-corrected chi connectivity index (χ0v) is 28.1. The van der Waals surface area contributed by atoms with E-state index in [0.29, 0.717) is 5.56 Å². The highest BCUT2D eigenvalue weighted by molar-refractivity contribution is 5.90. The van der Waals surface area contributed by atoms with Gasteiger partial charge in [0.1, 0.15) is 11.1 Å². The molecule has 0 saturated heterocycles. The Balaban J connectivity index is 1.47. The average molecular weight is 724 g/mol. The summed E-state index contributed by atoms with van der Waals surface area (Å²) < 4.78 is 0. The molecule has 0 fully saturated rings. The summed E-state index contributed by atoms with van der Waals surface area (Å²) in [6.07, 6.45) is 0. The predicted molar refractivity (Wildman–Crippen MR) is 195 cm³/mol. The van der Waals surface area contributed by atoms with Crippen molar-refractivity contribution in [2.24, 2.45) is 0 Å². The van der Waals surface area contributed by atoms with Gasteiger partial charge in [-0.25, -0.2) is 15.0 Å². The Hall–Kier alpha value is -7.67. The van der Waals surface area contributed by atoms with E-state index in [1.807, 2.05) is 85.8 Å². The molecule has 0 radical (unpaired) electrons. The van der Waals surface area contributed by atoms with Gasteiger partial charge in [0.15, 0.2) is 40.5 Å². The highest BCUT2D eigenvalue weighted by atomic mass is 16.4. The number of aromatic nitrogens is 3. The molecule has 0 aliphatic heterocycles. The Morgan fingerprint density at radius 2 is 0.759 bits per heavy atom. The Bertz CT molecular complexity index is 2500. The molecule has 268 valence electrons. The van der Waals surface area contributed by atoms with Crippen LogP contribution in [-0.4, -0.2) is 66.0 Å². The third-order valence-corrected chi connectivity index (χ3v) is 9.79. The van der Waals surface area contributed by atoms with E-state index >= 15 is 0 Å². The summed E-state index contributed by atoms with van der Waals surface area (Å²) in [5, 5.41) is 105. The summed E-state index contributed by atoms with van der Waals surface area (Å²) in [4.78, 5) is 13.0. The Morgan fingerprint density at radius 3 is 1.20 bits per heavy atom. The predicted octanol–water partition coefficient (Wildman–Crippen LogP) is 6.60. The number of hydrogen-bond acceptors (Lipinski definition) is 13. The van der Waals surface area contributed by atoms with Crippen LogP contribution in [0.4, 0.5) is 0 Å². The van der Waals surface area contributed by atoms with Gasteiger partial charge < -0.3 is 51.1 Å². The molecule has 0 spiro atoms. The summed E-state index contributed by atoms with van der Waals surface area (Å²) in [6, 6.07) is 31.4. The molecule has 0 bridgehead atoms. The van der Waals surface area contributed by atoms with Crippen molar-refractivity contribution in [3.8, 4) is 103 Å². The van der Waals surface area contributed by atoms with E-state index in [1.54, 1.807) is 6.07 Å². The molecule has 1 aromatic heterocycles. The number of phenols is 10. The summed E-state index contributed by atoms with van der Waals surface area (Å²) in [5.41, 5.74) is 4.49. The molecule has 0 atom stereocenters. The van der Waals surface area contributed by atoms with Crippen molar-refractivity contribution in [1.82, 2.24) is 15.0 Å². The monoisotopic (exact) mass is 723 g/mol. The van der Waals surface area contributed by atoms with E-state index in [0.717, 1.165) is 38.9 Å². The number of aromatic hydroxyl groups is 10. The Morgan fingerprint density at radius 1 is 0.389 bits per heavy atom. The molecule has 0 unspecified atom stereocenters. The lowest BCUT2D eigenvalue weighted by Gasteiger charge is -2.34. The van der Waals surface area contributed by atoms with Crippen molar-refractivity contribution in [3.63, 3.8) is 0 Å². The van der Waals surface area contributed by atoms with Gasteiger partial charge in [-0.05, 0) is 46.4 Å². The number of nitrogens with zero attached hydrogens (tertiary/aromatic N) is 3. The van der Waals surface area contributed by atoms with Gasteiger partial charge in [-0.1, -0.05) is 96.6 Å². The zero-order valence-electron chi connectivity index (χ0n) is 28.1. The molecule has 7 aromatic rings. The van der Waals surface area contributed by atoms with E-state index < -0.39 is 85.7 Å². The molecule has 1 aliphatic rings. The maximum Gasteiger partial charge on any atom is 0.208 e. The van der Waals surface area contributed by atoms with Gasteiger partial charge in [-0.2, -0.15) is 0 Å². The minimum absolute atomic E-state index is 0.211. The number of rotatable bonds is 5. The molecule has 13 heteroatoms. The number of aryl methyl sites for hydroxylation is 1. The van der Waals surface area contributed by atoms with Gasteiger partial charge in [0.25, 0.3) is 0 Å². The van der Waals surface area contributed by atoms with Crippen molar-refractivity contribution in [2.45, 2.75) is 12.3 Å². The van der Waals surface area contributed by atoms with E-state index in [9.17, 15) is 51.1 Å². The van der Waals surface area contributed by atoms with Crippen LogP contribution >= 0.6 is 0 Å². The molecular weight excluding hydrogens is 694 g/mol. The van der Waals surface area contributed by atoms with E-state index in [1.165, 1.54) is 0 Å². The van der Waals surface area contributed by atoms with Crippen molar-refractivity contribution in [3.05, 3.63) is 125 Å². The fourth-order valence-corrected chi connectivity index (χ4v) is 7.26. The van der Waals surface area contributed by atoms with Crippen LogP contribution in [0, 0.1) is 6.92 Å². The van der Waals surface area contributed by atoms with Crippen molar-refractivity contribution < 1.29 is 51.1 Å². The second kappa shape index (κ2) is 12.0. The van der Waals surface area contributed by atoms with Crippen molar-refractivity contribution >= 4 is 0 Å². The van der Waals surface area contributed by atoms with Crippen LogP contribution in [0.25, 0.3) is 45.3 Å². The second-order valence-electron chi connectivity index (χ2n) is 12.8. The molecule has 13 nitrogen and oxygen atoms in total. The van der Waals surface area contributed by atoms with E-state index in [2.05, 4.69) is 27.1 Å². The van der Waals surface area contributed by atoms with Gasteiger partial charge in [0, 0.05) is 5.56 Å². The molecule has 1 heterocycles. The van der Waals surface area contributed by atoms with Crippen molar-refractivity contribution in [1.29, 1.82) is 0 Å². The first-order valence-corrected chi connectivity index (χ1v) is 16.4. The molecule has 10 N–H and O–H groups in total. The van der Waals surface area contributed by atoms with E-state index in [-0.39, 0.29) is 5.82 Å². The Kier molecular flexibility index (Phi) is 7.41. The highest BCUT2D eigenvalue weighted by Crippen LogP contribution is 2.59. The fourth-order valence-electron chi connectivity index (χ4n) is 7.26. The molecule has 54 heavy (non-hydrogen) atoms. The molecule has 6 aromatic carbocycles. The lowest BCUT2D eigenvalue weighted by atomic mass is 9.67. The standard InChI is InChI=1S/C41H29N3O10/c1-18-12-14-22-23-15-13-19(17-25(23)41(24(22)16-18,20-8-4-2-5-9-20)21-10-6-3-7-11-21)38-42-39(26-28(45)32(49)36(53)33(50)29(26)46)44-40(43-38)27-30(47)34(51)37(54)35(52)31(27)48/h2-17,45-54H,1H3. The lowest BCUT2D eigenvalue weighted by Crippen LogP contribution is -2.28. The third kappa shape index (κ3) is 4.61. The van der Waals surface area contributed by atoms with Crippen LogP contribution in [0.3, 0.4) is 0 Å². The Labute approximate surface area is 305 Å². The van der Waals surface area contributed by atoms with Gasteiger partial charge >= 0.3 is 0 Å². The first-order chi connectivity index (χ1) is 25.9. The maximum atomic E-state index is 10.9. The van der Waals surface area contributed by atoms with Crippen molar-refractivity contribution in [2.75, 3.05) is 0 Å². The number of benzene rings is 6. The first kappa shape index (κ1) is 33.5. The largest absolute Gasteiger partial charge is 0.504 e. The molecule has 8 rings (SSSR count). The van der Waals surface area contributed by atoms with Gasteiger partial charge in [0.05, 0.1) is 5.41 Å². The number of phenolic OH excluding ortho intramolecular Hbond substituents is 10. The zero-order chi connectivity index (χ0) is 38.2. The number of fused-ring (bicyclic) bond motifs is 3. The molecule has 0 amide bonds. The average Bonchev–Trinajstić information content (AvgIpc) is 3.48. The maximum absolute atomic E-state index is 10.9. The minimum atomic E-state index is -1.24. The summed E-state index contributed by atoms with van der Waals surface area (Å²) >= 11 is 0. The topological polar surface area (TPSA) is 241 Å². The summed E-state index contributed by atoms with van der Waals surface area (Å²) in [7, 11) is 0. The SMILES string of the molecule is Cc1ccc2c(c1)C(c1ccccc1)(c1ccccc1)c1cc(-c3nc(-c4c(O)c(O)c(O)c(O)c4O)nc(-c4c(O)c(O)c(O)c(O)c4O)n3)ccc1-2. The van der Waals surface area contributed by atoms with Gasteiger partial charge in [-0.3, -0.25) is 0 Å². The fraction of sp³-hybridized carbons (Fsp3) is 0.0488. The smallest absolute Gasteiger partial charge is 0.208 e. The molecular formula is C41H29N3O10. The molecule has 0 saturated carbocycles. The lowest BCUT2D eigenvalue weighted by molar-refractivity contribution is 0.329. The van der Waals surface area contributed by atoms with Crippen LogP contribution in [-0.2, 0) is 5.41 Å². The van der Waals surface area contributed by atoms with Crippen LogP contribution in [0.15, 0.2) is 97.1 Å². The normalized spacial score (nSPS) is 12.7. The minimum Gasteiger partial charge on any atom is -0.504 e. The third-order valence-electron chi connectivity index (χ3n) is 9.79. The second-order valence-corrected chi connectivity index (χ2v) is 12.8. The summed E-state index contributed by atoms with van der Waals surface area (Å²) in [6.45, 7) is 2.01. The van der Waals surface area contributed by atoms with Crippen LogP contribution in [0.2, 0.25) is 0 Å². The van der Waals surface area contributed by atoms with Gasteiger partial charge in [-0.15, -0.1) is 0 Å². The number of hydrogen-bond donors (Lipinski definition) is 10. The van der Waals surface area contributed by atoms with Crippen LogP contribution in [0.5, 0.6) is 57.5 Å². The molecule has 1 aliphatic carbocycles. The van der Waals surface area contributed by atoms with Gasteiger partial charge in [0.2, 0.25) is 34.5 Å². The quantitative estimate of drug-likeness (QED) is 0.0666. The summed E-state index contributed by atoms with van der Waals surface area (Å²) in [5.74, 6) is -13.5. The van der Waals surface area contributed by atoms with Crippen LogP contribution < -0.4 is 0 Å². The van der Waals surface area contributed by atoms with E-state index in [4.69, 9.17) is 0 Å². The highest BCUT2D eigenvalue weighted by Gasteiger charge is 2.46. The van der Waals surface area contributed by atoms with Crippen LogP contribution in [0.1, 0.15) is 27.8 Å². The first-order valence-electron chi connectivity index (χ1n) is 16.4.